The van der Waals surface area contributed by atoms with Crippen LogP contribution in [0.1, 0.15) is 84.1 Å². The van der Waals surface area contributed by atoms with Crippen molar-refractivity contribution in [3.8, 4) is 17.2 Å². The summed E-state index contributed by atoms with van der Waals surface area (Å²) in [6.45, 7) is 11.0. The van der Waals surface area contributed by atoms with E-state index >= 15 is 0 Å². The Labute approximate surface area is 222 Å². The minimum atomic E-state index is -0.820. The maximum atomic E-state index is 13.5. The Morgan fingerprint density at radius 2 is 1.84 bits per heavy atom. The molecule has 0 bridgehead atoms. The highest BCUT2D eigenvalue weighted by atomic mass is 16.7. The lowest BCUT2D eigenvalue weighted by Crippen LogP contribution is -2.45. The summed E-state index contributed by atoms with van der Waals surface area (Å²) >= 11 is 0. The minimum Gasteiger partial charge on any atom is -0.493 e. The number of carbonyl (C=O) groups excluding carboxylic acids is 1. The highest BCUT2D eigenvalue weighted by Gasteiger charge is 2.48. The fraction of sp³-hybridized carbons (Fsp3) is 0.724. The second-order valence-electron chi connectivity index (χ2n) is 10.6. The Hall–Kier alpha value is -2.48. The van der Waals surface area contributed by atoms with E-state index in [1.807, 2.05) is 17.0 Å². The third-order valence-corrected chi connectivity index (χ3v) is 7.82. The highest BCUT2D eigenvalue weighted by Crippen LogP contribution is 2.47. The SMILES string of the molecule is CCCCN(CCCC)C(=O)CN1C[C@H](c2cc(OC)c3c(c2)OCO3)[C@@H](C(=O)O)[C@@H]1CC(C)CCC. The van der Waals surface area contributed by atoms with Crippen LogP contribution in [0.3, 0.4) is 0 Å². The van der Waals surface area contributed by atoms with Crippen LogP contribution >= 0.6 is 0 Å². The molecule has 1 aromatic rings. The Balaban J connectivity index is 1.92. The number of methoxy groups -OCH3 is 1. The van der Waals surface area contributed by atoms with Crippen molar-refractivity contribution < 1.29 is 28.9 Å². The number of nitrogens with zero attached hydrogens (tertiary/aromatic N) is 2. The van der Waals surface area contributed by atoms with Crippen molar-refractivity contribution in [1.29, 1.82) is 0 Å². The fourth-order valence-electron chi connectivity index (χ4n) is 5.84. The summed E-state index contributed by atoms with van der Waals surface area (Å²) in [5.74, 6) is 0.417. The minimum absolute atomic E-state index is 0.100. The van der Waals surface area contributed by atoms with Gasteiger partial charge in [0.25, 0.3) is 0 Å². The van der Waals surface area contributed by atoms with Crippen molar-refractivity contribution in [2.75, 3.05) is 40.1 Å². The second kappa shape index (κ2) is 13.9. The van der Waals surface area contributed by atoms with Gasteiger partial charge in [-0.15, -0.1) is 0 Å². The zero-order valence-electron chi connectivity index (χ0n) is 23.3. The van der Waals surface area contributed by atoms with E-state index in [1.54, 1.807) is 7.11 Å². The average Bonchev–Trinajstić information content (AvgIpc) is 3.48. The summed E-state index contributed by atoms with van der Waals surface area (Å²) in [4.78, 5) is 30.4. The van der Waals surface area contributed by atoms with E-state index < -0.39 is 11.9 Å². The van der Waals surface area contributed by atoms with E-state index in [2.05, 4.69) is 32.6 Å². The molecule has 2 aliphatic heterocycles. The van der Waals surface area contributed by atoms with Crippen LogP contribution in [-0.2, 0) is 9.59 Å². The van der Waals surface area contributed by atoms with Gasteiger partial charge >= 0.3 is 5.97 Å². The summed E-state index contributed by atoms with van der Waals surface area (Å²) in [7, 11) is 1.58. The highest BCUT2D eigenvalue weighted by molar-refractivity contribution is 5.79. The lowest BCUT2D eigenvalue weighted by atomic mass is 9.81. The van der Waals surface area contributed by atoms with Gasteiger partial charge in [-0.05, 0) is 42.9 Å². The van der Waals surface area contributed by atoms with Crippen LogP contribution in [0.2, 0.25) is 0 Å². The number of benzene rings is 1. The molecule has 8 nitrogen and oxygen atoms in total. The topological polar surface area (TPSA) is 88.5 Å². The number of rotatable bonds is 15. The number of ether oxygens (including phenoxy) is 3. The molecule has 0 aliphatic carbocycles. The number of fused-ring (bicyclic) bond motifs is 1. The molecule has 1 N–H and O–H groups in total. The quantitative estimate of drug-likeness (QED) is 0.344. The number of amides is 1. The Kier molecular flexibility index (Phi) is 10.9. The number of unbranched alkanes of at least 4 members (excludes halogenated alkanes) is 2. The van der Waals surface area contributed by atoms with Gasteiger partial charge in [-0.25, -0.2) is 0 Å². The molecule has 0 spiro atoms. The smallest absolute Gasteiger partial charge is 0.308 e. The van der Waals surface area contributed by atoms with Gasteiger partial charge in [-0.3, -0.25) is 14.5 Å². The van der Waals surface area contributed by atoms with Crippen molar-refractivity contribution in [3.05, 3.63) is 17.7 Å². The van der Waals surface area contributed by atoms with Crippen molar-refractivity contribution in [3.63, 3.8) is 0 Å². The van der Waals surface area contributed by atoms with Gasteiger partial charge in [0.2, 0.25) is 18.4 Å². The molecule has 37 heavy (non-hydrogen) atoms. The van der Waals surface area contributed by atoms with Crippen LogP contribution in [-0.4, -0.2) is 72.9 Å². The molecule has 1 fully saturated rings. The van der Waals surface area contributed by atoms with Crippen LogP contribution in [0.4, 0.5) is 0 Å². The first-order chi connectivity index (χ1) is 17.8. The first-order valence-corrected chi connectivity index (χ1v) is 14.1. The van der Waals surface area contributed by atoms with E-state index in [0.717, 1.165) is 63.6 Å². The van der Waals surface area contributed by atoms with Crippen molar-refractivity contribution in [1.82, 2.24) is 9.80 Å². The maximum absolute atomic E-state index is 13.5. The average molecular weight is 519 g/mol. The van der Waals surface area contributed by atoms with E-state index in [0.29, 0.717) is 29.7 Å². The molecule has 1 aromatic carbocycles. The molecule has 3 rings (SSSR count). The van der Waals surface area contributed by atoms with E-state index in [1.165, 1.54) is 0 Å². The first kappa shape index (κ1) is 29.1. The molecule has 2 aliphatic rings. The van der Waals surface area contributed by atoms with Crippen LogP contribution in [0.5, 0.6) is 17.2 Å². The molecule has 208 valence electrons. The van der Waals surface area contributed by atoms with Gasteiger partial charge in [0.1, 0.15) is 0 Å². The number of hydrogen-bond acceptors (Lipinski definition) is 6. The van der Waals surface area contributed by atoms with Crippen molar-refractivity contribution in [2.24, 2.45) is 11.8 Å². The summed E-state index contributed by atoms with van der Waals surface area (Å²) in [5, 5.41) is 10.5. The van der Waals surface area contributed by atoms with Crippen LogP contribution < -0.4 is 14.2 Å². The zero-order chi connectivity index (χ0) is 26.9. The molecule has 0 saturated carbocycles. The van der Waals surface area contributed by atoms with Gasteiger partial charge < -0.3 is 24.2 Å². The molecule has 4 atom stereocenters. The van der Waals surface area contributed by atoms with E-state index in [9.17, 15) is 14.7 Å². The molecule has 0 radical (unpaired) electrons. The third-order valence-electron chi connectivity index (χ3n) is 7.82. The Bertz CT molecular complexity index is 899. The second-order valence-corrected chi connectivity index (χ2v) is 10.6. The van der Waals surface area contributed by atoms with Crippen LogP contribution in [0, 0.1) is 11.8 Å². The maximum Gasteiger partial charge on any atom is 0.308 e. The normalized spacial score (nSPS) is 21.7. The summed E-state index contributed by atoms with van der Waals surface area (Å²) in [5.41, 5.74) is 0.852. The largest absolute Gasteiger partial charge is 0.493 e. The molecule has 1 amide bonds. The number of carboxylic acids is 1. The third kappa shape index (κ3) is 7.09. The van der Waals surface area contributed by atoms with E-state index in [4.69, 9.17) is 14.2 Å². The number of hydrogen-bond donors (Lipinski definition) is 1. The Morgan fingerprint density at radius 1 is 1.14 bits per heavy atom. The zero-order valence-corrected chi connectivity index (χ0v) is 23.3. The molecule has 2 heterocycles. The van der Waals surface area contributed by atoms with Crippen LogP contribution in [0.25, 0.3) is 0 Å². The number of carbonyl (C=O) groups is 2. The summed E-state index contributed by atoms with van der Waals surface area (Å²) in [6, 6.07) is 3.54. The fourth-order valence-corrected chi connectivity index (χ4v) is 5.84. The predicted octanol–water partition coefficient (Wildman–Crippen LogP) is 5.15. The predicted molar refractivity (Wildman–Crippen MR) is 143 cm³/mol. The molecule has 8 heteroatoms. The monoisotopic (exact) mass is 518 g/mol. The standard InChI is InChI=1S/C29H46N2O6/c1-6-9-12-30(13-10-7-2)26(32)18-31-17-22(27(29(33)34)23(31)14-20(4)11-8-3)21-15-24(35-5)28-25(16-21)36-19-37-28/h15-16,20,22-23,27H,6-14,17-19H2,1-5H3,(H,33,34)/t20?,22-,23+,27-/m1/s1. The summed E-state index contributed by atoms with van der Waals surface area (Å²) in [6.07, 6.45) is 6.85. The van der Waals surface area contributed by atoms with Crippen molar-refractivity contribution in [2.45, 2.75) is 84.6 Å². The van der Waals surface area contributed by atoms with Gasteiger partial charge in [-0.1, -0.05) is 53.4 Å². The van der Waals surface area contributed by atoms with Crippen LogP contribution in [0.15, 0.2) is 12.1 Å². The number of carboxylic acid groups (broad SMARTS) is 1. The molecular weight excluding hydrogens is 472 g/mol. The number of aliphatic carboxylic acids is 1. The molecule has 1 unspecified atom stereocenters. The molecular formula is C29H46N2O6. The lowest BCUT2D eigenvalue weighted by Gasteiger charge is -2.31. The molecule has 1 saturated heterocycles. The molecule has 0 aromatic heterocycles. The van der Waals surface area contributed by atoms with Crippen molar-refractivity contribution >= 4 is 11.9 Å². The number of likely N-dealkylation sites (tertiary alicyclic amines) is 1. The van der Waals surface area contributed by atoms with Gasteiger partial charge in [0.05, 0.1) is 19.6 Å². The summed E-state index contributed by atoms with van der Waals surface area (Å²) < 4.78 is 16.7. The van der Waals surface area contributed by atoms with Gasteiger partial charge in [0.15, 0.2) is 11.5 Å². The lowest BCUT2D eigenvalue weighted by molar-refractivity contribution is -0.144. The first-order valence-electron chi connectivity index (χ1n) is 14.1. The van der Waals surface area contributed by atoms with Gasteiger partial charge in [-0.2, -0.15) is 0 Å². The van der Waals surface area contributed by atoms with Gasteiger partial charge in [0, 0.05) is 31.6 Å². The Morgan fingerprint density at radius 3 is 2.43 bits per heavy atom. The van der Waals surface area contributed by atoms with E-state index in [-0.39, 0.29) is 31.2 Å².